The van der Waals surface area contributed by atoms with Crippen molar-refractivity contribution < 1.29 is 19.2 Å². The molecule has 0 fully saturated rings. The molecule has 7 heteroatoms. The predicted octanol–water partition coefficient (Wildman–Crippen LogP) is 3.18. The van der Waals surface area contributed by atoms with E-state index in [-0.39, 0.29) is 18.0 Å². The van der Waals surface area contributed by atoms with E-state index in [1.807, 2.05) is 6.92 Å². The van der Waals surface area contributed by atoms with E-state index in [0.717, 1.165) is 0 Å². The minimum Gasteiger partial charge on any atom is -0.493 e. The Kier molecular flexibility index (Phi) is 5.73. The number of non-ortho nitro benzene ring substituents is 1. The molecule has 0 aliphatic heterocycles. The Bertz CT molecular complexity index is 728. The molecule has 1 amide bonds. The number of nitrogens with zero attached hydrogens (tertiary/aromatic N) is 1. The summed E-state index contributed by atoms with van der Waals surface area (Å²) in [6.07, 6.45) is 0.119. The standard InChI is InChI=1S/C17H18N2O5/c1-3-24-15-9-6-13(11-16(15)23-2)18-17(20)10-12-4-7-14(8-5-12)19(21)22/h4-9,11H,3,10H2,1-2H3,(H,18,20). The van der Waals surface area contributed by atoms with E-state index in [1.165, 1.54) is 19.2 Å². The molecular weight excluding hydrogens is 312 g/mol. The number of amides is 1. The van der Waals surface area contributed by atoms with Crippen LogP contribution in [-0.2, 0) is 11.2 Å². The Hall–Kier alpha value is -3.09. The van der Waals surface area contributed by atoms with Crippen molar-refractivity contribution in [2.45, 2.75) is 13.3 Å². The van der Waals surface area contributed by atoms with Crippen LogP contribution in [0.2, 0.25) is 0 Å². The molecule has 2 aromatic carbocycles. The second-order valence-electron chi connectivity index (χ2n) is 4.95. The van der Waals surface area contributed by atoms with Gasteiger partial charge in [-0.15, -0.1) is 0 Å². The van der Waals surface area contributed by atoms with Crippen LogP contribution >= 0.6 is 0 Å². The third-order valence-electron chi connectivity index (χ3n) is 3.26. The monoisotopic (exact) mass is 330 g/mol. The molecule has 24 heavy (non-hydrogen) atoms. The van der Waals surface area contributed by atoms with Gasteiger partial charge >= 0.3 is 0 Å². The van der Waals surface area contributed by atoms with E-state index in [4.69, 9.17) is 9.47 Å². The SMILES string of the molecule is CCOc1ccc(NC(=O)Cc2ccc([N+](=O)[O-])cc2)cc1OC. The lowest BCUT2D eigenvalue weighted by molar-refractivity contribution is -0.384. The highest BCUT2D eigenvalue weighted by Gasteiger charge is 2.10. The fourth-order valence-electron chi connectivity index (χ4n) is 2.15. The zero-order valence-electron chi connectivity index (χ0n) is 13.4. The number of hydrogen-bond donors (Lipinski definition) is 1. The first-order valence-corrected chi connectivity index (χ1v) is 7.37. The Morgan fingerprint density at radius 2 is 1.88 bits per heavy atom. The van der Waals surface area contributed by atoms with E-state index in [2.05, 4.69) is 5.32 Å². The molecule has 126 valence electrons. The summed E-state index contributed by atoms with van der Waals surface area (Å²) in [5.41, 5.74) is 1.27. The minimum atomic E-state index is -0.476. The molecule has 0 atom stereocenters. The minimum absolute atomic E-state index is 0.00425. The third kappa shape index (κ3) is 4.45. The molecular formula is C17H18N2O5. The molecule has 0 bridgehead atoms. The fourth-order valence-corrected chi connectivity index (χ4v) is 2.15. The van der Waals surface area contributed by atoms with Crippen LogP contribution in [0, 0.1) is 10.1 Å². The summed E-state index contributed by atoms with van der Waals surface area (Å²) in [4.78, 5) is 22.2. The molecule has 2 aromatic rings. The highest BCUT2D eigenvalue weighted by Crippen LogP contribution is 2.30. The second-order valence-corrected chi connectivity index (χ2v) is 4.95. The predicted molar refractivity (Wildman–Crippen MR) is 89.6 cm³/mol. The van der Waals surface area contributed by atoms with E-state index in [1.54, 1.807) is 30.3 Å². The van der Waals surface area contributed by atoms with Crippen molar-refractivity contribution >= 4 is 17.3 Å². The number of hydrogen-bond acceptors (Lipinski definition) is 5. The van der Waals surface area contributed by atoms with E-state index in [0.29, 0.717) is 29.4 Å². The van der Waals surface area contributed by atoms with Gasteiger partial charge in [0.15, 0.2) is 11.5 Å². The lowest BCUT2D eigenvalue weighted by Crippen LogP contribution is -2.14. The maximum absolute atomic E-state index is 12.1. The molecule has 0 spiro atoms. The number of nitrogens with one attached hydrogen (secondary N) is 1. The van der Waals surface area contributed by atoms with Crippen LogP contribution in [0.15, 0.2) is 42.5 Å². The van der Waals surface area contributed by atoms with Gasteiger partial charge in [0.05, 0.1) is 25.1 Å². The van der Waals surface area contributed by atoms with E-state index >= 15 is 0 Å². The van der Waals surface area contributed by atoms with Crippen LogP contribution in [-0.4, -0.2) is 24.5 Å². The highest BCUT2D eigenvalue weighted by atomic mass is 16.6. The Morgan fingerprint density at radius 1 is 1.17 bits per heavy atom. The summed E-state index contributed by atoms with van der Waals surface area (Å²) in [6.45, 7) is 2.39. The molecule has 0 radical (unpaired) electrons. The number of carbonyl (C=O) groups excluding carboxylic acids is 1. The number of ether oxygens (including phenoxy) is 2. The molecule has 0 aromatic heterocycles. The summed E-state index contributed by atoms with van der Waals surface area (Å²) in [6, 6.07) is 11.0. The number of anilines is 1. The van der Waals surface area contributed by atoms with Crippen LogP contribution in [0.25, 0.3) is 0 Å². The topological polar surface area (TPSA) is 90.7 Å². The van der Waals surface area contributed by atoms with Crippen molar-refractivity contribution in [1.29, 1.82) is 0 Å². The average Bonchev–Trinajstić information content (AvgIpc) is 2.56. The molecule has 1 N–H and O–H groups in total. The van der Waals surface area contributed by atoms with Gasteiger partial charge in [-0.3, -0.25) is 14.9 Å². The number of rotatable bonds is 7. The van der Waals surface area contributed by atoms with Gasteiger partial charge in [-0.1, -0.05) is 12.1 Å². The van der Waals surface area contributed by atoms with Crippen LogP contribution < -0.4 is 14.8 Å². The highest BCUT2D eigenvalue weighted by molar-refractivity contribution is 5.92. The molecule has 0 aliphatic rings. The van der Waals surface area contributed by atoms with E-state index in [9.17, 15) is 14.9 Å². The molecule has 2 rings (SSSR count). The van der Waals surface area contributed by atoms with Gasteiger partial charge in [-0.25, -0.2) is 0 Å². The summed E-state index contributed by atoms with van der Waals surface area (Å²) in [7, 11) is 1.53. The van der Waals surface area contributed by atoms with Crippen molar-refractivity contribution in [3.8, 4) is 11.5 Å². The van der Waals surface area contributed by atoms with Crippen molar-refractivity contribution in [2.75, 3.05) is 19.0 Å². The van der Waals surface area contributed by atoms with Crippen molar-refractivity contribution in [3.63, 3.8) is 0 Å². The zero-order valence-corrected chi connectivity index (χ0v) is 13.4. The largest absolute Gasteiger partial charge is 0.493 e. The number of methoxy groups -OCH3 is 1. The summed E-state index contributed by atoms with van der Waals surface area (Å²) >= 11 is 0. The molecule has 0 heterocycles. The Morgan fingerprint density at radius 3 is 2.46 bits per heavy atom. The van der Waals surface area contributed by atoms with Gasteiger partial charge in [0.1, 0.15) is 0 Å². The Balaban J connectivity index is 2.02. The van der Waals surface area contributed by atoms with Crippen LogP contribution in [0.5, 0.6) is 11.5 Å². The average molecular weight is 330 g/mol. The Labute approximate surface area is 139 Å². The zero-order chi connectivity index (χ0) is 17.5. The maximum Gasteiger partial charge on any atom is 0.269 e. The van der Waals surface area contributed by atoms with Crippen molar-refractivity contribution in [3.05, 3.63) is 58.1 Å². The molecule has 7 nitrogen and oxygen atoms in total. The first-order chi connectivity index (χ1) is 11.5. The van der Waals surface area contributed by atoms with Gasteiger partial charge in [0, 0.05) is 23.9 Å². The summed E-state index contributed by atoms with van der Waals surface area (Å²) in [5, 5.41) is 13.4. The van der Waals surface area contributed by atoms with Gasteiger partial charge in [-0.2, -0.15) is 0 Å². The molecule has 0 saturated carbocycles. The smallest absolute Gasteiger partial charge is 0.269 e. The first-order valence-electron chi connectivity index (χ1n) is 7.37. The summed E-state index contributed by atoms with van der Waals surface area (Å²) in [5.74, 6) is 0.911. The quantitative estimate of drug-likeness (QED) is 0.622. The lowest BCUT2D eigenvalue weighted by Gasteiger charge is -2.11. The van der Waals surface area contributed by atoms with Crippen LogP contribution in [0.1, 0.15) is 12.5 Å². The fraction of sp³-hybridized carbons (Fsp3) is 0.235. The van der Waals surface area contributed by atoms with Gasteiger partial charge in [0.2, 0.25) is 5.91 Å². The van der Waals surface area contributed by atoms with Crippen LogP contribution in [0.3, 0.4) is 0 Å². The number of nitro benzene ring substituents is 1. The van der Waals surface area contributed by atoms with Crippen molar-refractivity contribution in [2.24, 2.45) is 0 Å². The summed E-state index contributed by atoms with van der Waals surface area (Å²) < 4.78 is 10.7. The first kappa shape index (κ1) is 17.3. The van der Waals surface area contributed by atoms with Gasteiger partial charge < -0.3 is 14.8 Å². The second kappa shape index (κ2) is 7.96. The van der Waals surface area contributed by atoms with Crippen LogP contribution in [0.4, 0.5) is 11.4 Å². The molecule has 0 aliphatic carbocycles. The number of nitro groups is 1. The molecule has 0 saturated heterocycles. The number of carbonyl (C=O) groups is 1. The third-order valence-corrected chi connectivity index (χ3v) is 3.26. The molecule has 0 unspecified atom stereocenters. The maximum atomic E-state index is 12.1. The number of benzene rings is 2. The normalized spacial score (nSPS) is 10.1. The van der Waals surface area contributed by atoms with E-state index < -0.39 is 4.92 Å². The van der Waals surface area contributed by atoms with Gasteiger partial charge in [0.25, 0.3) is 5.69 Å². The lowest BCUT2D eigenvalue weighted by atomic mass is 10.1. The van der Waals surface area contributed by atoms with Gasteiger partial charge in [-0.05, 0) is 24.6 Å². The van der Waals surface area contributed by atoms with Crippen molar-refractivity contribution in [1.82, 2.24) is 0 Å².